The predicted octanol–water partition coefficient (Wildman–Crippen LogP) is 2.85. The molecule has 1 aromatic carbocycles. The number of benzene rings is 1. The van der Waals surface area contributed by atoms with Crippen molar-refractivity contribution in [2.45, 2.75) is 32.5 Å². The van der Waals surface area contributed by atoms with E-state index in [1.54, 1.807) is 20.8 Å². The maximum Gasteiger partial charge on any atom is 0.407 e. The number of rotatable bonds is 3. The van der Waals surface area contributed by atoms with Crippen LogP contribution in [0.25, 0.3) is 0 Å². The zero-order valence-corrected chi connectivity index (χ0v) is 12.9. The summed E-state index contributed by atoms with van der Waals surface area (Å²) in [5.74, 6) is 0. The summed E-state index contributed by atoms with van der Waals surface area (Å²) in [5, 5.41) is 12.4. The Balaban J connectivity index is 2.44. The van der Waals surface area contributed by atoms with Crippen molar-refractivity contribution in [3.8, 4) is 0 Å². The van der Waals surface area contributed by atoms with Gasteiger partial charge in [0.1, 0.15) is 5.60 Å². The van der Waals surface area contributed by atoms with Gasteiger partial charge in [0.05, 0.1) is 12.6 Å². The number of halogens is 1. The smallest absolute Gasteiger partial charge is 0.407 e. The third-order valence-corrected chi connectivity index (χ3v) is 2.81. The van der Waals surface area contributed by atoms with Crippen LogP contribution in [-0.4, -0.2) is 23.3 Å². The first kappa shape index (κ1) is 15.2. The van der Waals surface area contributed by atoms with E-state index in [1.807, 2.05) is 24.3 Å². The Bertz CT molecular complexity index is 398. The molecule has 1 rings (SSSR count). The lowest BCUT2D eigenvalue weighted by molar-refractivity contribution is 0.0492. The summed E-state index contributed by atoms with van der Waals surface area (Å²) in [6.07, 6.45) is -1.25. The van der Waals surface area contributed by atoms with Crippen LogP contribution in [0.4, 0.5) is 4.79 Å². The van der Waals surface area contributed by atoms with Crippen LogP contribution in [0.15, 0.2) is 24.3 Å². The average molecular weight is 363 g/mol. The van der Waals surface area contributed by atoms with Gasteiger partial charge in [0.25, 0.3) is 0 Å². The van der Waals surface area contributed by atoms with Crippen molar-refractivity contribution in [1.82, 2.24) is 5.32 Å². The van der Waals surface area contributed by atoms with E-state index in [0.29, 0.717) is 0 Å². The van der Waals surface area contributed by atoms with Gasteiger partial charge >= 0.3 is 6.09 Å². The van der Waals surface area contributed by atoms with Crippen molar-refractivity contribution < 1.29 is 14.6 Å². The van der Waals surface area contributed by atoms with Gasteiger partial charge in [-0.05, 0) is 61.1 Å². The molecule has 1 amide bonds. The van der Waals surface area contributed by atoms with Crippen molar-refractivity contribution in [3.05, 3.63) is 33.4 Å². The molecule has 1 unspecified atom stereocenters. The maximum absolute atomic E-state index is 11.4. The fourth-order valence-electron chi connectivity index (χ4n) is 1.30. The highest BCUT2D eigenvalue weighted by molar-refractivity contribution is 14.1. The van der Waals surface area contributed by atoms with Crippen LogP contribution in [0.2, 0.25) is 0 Å². The van der Waals surface area contributed by atoms with E-state index >= 15 is 0 Å². The quantitative estimate of drug-likeness (QED) is 0.812. The number of hydrogen-bond acceptors (Lipinski definition) is 3. The largest absolute Gasteiger partial charge is 0.444 e. The topological polar surface area (TPSA) is 58.6 Å². The molecular formula is C13H18INO3. The highest BCUT2D eigenvalue weighted by Crippen LogP contribution is 2.14. The molecule has 0 aliphatic heterocycles. The number of carbonyl (C=O) groups excluding carboxylic acids is 1. The fraction of sp³-hybridized carbons (Fsp3) is 0.462. The molecule has 0 spiro atoms. The third kappa shape index (κ3) is 5.68. The second-order valence-corrected chi connectivity index (χ2v) is 6.20. The van der Waals surface area contributed by atoms with Crippen molar-refractivity contribution in [2.24, 2.45) is 0 Å². The zero-order valence-electron chi connectivity index (χ0n) is 10.7. The number of hydrogen-bond donors (Lipinski definition) is 2. The van der Waals surface area contributed by atoms with Gasteiger partial charge in [-0.2, -0.15) is 0 Å². The molecule has 5 heteroatoms. The molecule has 0 fully saturated rings. The summed E-state index contributed by atoms with van der Waals surface area (Å²) in [6, 6.07) is 7.49. The lowest BCUT2D eigenvalue weighted by Crippen LogP contribution is -2.34. The SMILES string of the molecule is CC(C)(C)OC(=O)NCC(O)c1ccc(I)cc1. The molecule has 0 aliphatic rings. The van der Waals surface area contributed by atoms with Crippen LogP contribution in [0, 0.1) is 3.57 Å². The first-order valence-corrected chi connectivity index (χ1v) is 6.76. The minimum atomic E-state index is -0.727. The average Bonchev–Trinajstić information content (AvgIpc) is 2.24. The molecule has 0 radical (unpaired) electrons. The Labute approximate surface area is 121 Å². The molecule has 2 N–H and O–H groups in total. The van der Waals surface area contributed by atoms with Gasteiger partial charge in [0, 0.05) is 3.57 Å². The third-order valence-electron chi connectivity index (χ3n) is 2.09. The molecule has 1 aromatic rings. The fourth-order valence-corrected chi connectivity index (χ4v) is 1.66. The Kier molecular flexibility index (Phi) is 5.40. The van der Waals surface area contributed by atoms with Gasteiger partial charge in [-0.15, -0.1) is 0 Å². The number of aliphatic hydroxyl groups is 1. The summed E-state index contributed by atoms with van der Waals surface area (Å²) in [6.45, 7) is 5.52. The number of nitrogens with one attached hydrogen (secondary N) is 1. The Morgan fingerprint density at radius 1 is 1.39 bits per heavy atom. The molecule has 100 valence electrons. The molecular weight excluding hydrogens is 345 g/mol. The van der Waals surface area contributed by atoms with Crippen molar-refractivity contribution >= 4 is 28.7 Å². The number of alkyl carbamates (subject to hydrolysis) is 1. The van der Waals surface area contributed by atoms with Crippen LogP contribution < -0.4 is 5.32 Å². The Morgan fingerprint density at radius 3 is 2.44 bits per heavy atom. The minimum Gasteiger partial charge on any atom is -0.444 e. The minimum absolute atomic E-state index is 0.134. The molecule has 4 nitrogen and oxygen atoms in total. The summed E-state index contributed by atoms with van der Waals surface area (Å²) in [4.78, 5) is 11.4. The van der Waals surface area contributed by atoms with E-state index in [9.17, 15) is 9.90 Å². The van der Waals surface area contributed by atoms with E-state index in [1.165, 1.54) is 0 Å². The normalized spacial score (nSPS) is 12.9. The van der Waals surface area contributed by atoms with Gasteiger partial charge < -0.3 is 15.2 Å². The summed E-state index contributed by atoms with van der Waals surface area (Å²) in [7, 11) is 0. The van der Waals surface area contributed by atoms with Crippen LogP contribution in [0.3, 0.4) is 0 Å². The molecule has 18 heavy (non-hydrogen) atoms. The first-order chi connectivity index (χ1) is 8.28. The van der Waals surface area contributed by atoms with E-state index in [2.05, 4.69) is 27.9 Å². The van der Waals surface area contributed by atoms with E-state index in [0.717, 1.165) is 9.13 Å². The molecule has 0 bridgehead atoms. The van der Waals surface area contributed by atoms with Gasteiger partial charge in [-0.3, -0.25) is 0 Å². The van der Waals surface area contributed by atoms with Crippen LogP contribution in [0.1, 0.15) is 32.4 Å². The lowest BCUT2D eigenvalue weighted by atomic mass is 10.1. The van der Waals surface area contributed by atoms with Crippen molar-refractivity contribution in [3.63, 3.8) is 0 Å². The zero-order chi connectivity index (χ0) is 13.8. The number of carbonyl (C=O) groups is 1. The van der Waals surface area contributed by atoms with Crippen LogP contribution in [-0.2, 0) is 4.74 Å². The van der Waals surface area contributed by atoms with Gasteiger partial charge in [-0.25, -0.2) is 4.79 Å². The Morgan fingerprint density at radius 2 is 1.94 bits per heavy atom. The molecule has 0 saturated heterocycles. The van der Waals surface area contributed by atoms with E-state index in [4.69, 9.17) is 4.74 Å². The molecule has 0 aliphatic carbocycles. The molecule has 0 aromatic heterocycles. The molecule has 0 saturated carbocycles. The second kappa shape index (κ2) is 6.38. The van der Waals surface area contributed by atoms with Gasteiger partial charge in [0.15, 0.2) is 0 Å². The molecule has 0 heterocycles. The van der Waals surface area contributed by atoms with Crippen LogP contribution in [0.5, 0.6) is 0 Å². The predicted molar refractivity (Wildman–Crippen MR) is 78.4 cm³/mol. The van der Waals surface area contributed by atoms with Gasteiger partial charge in [-0.1, -0.05) is 12.1 Å². The van der Waals surface area contributed by atoms with Crippen molar-refractivity contribution in [2.75, 3.05) is 6.54 Å². The highest BCUT2D eigenvalue weighted by atomic mass is 127. The number of ether oxygens (including phenoxy) is 1. The number of amides is 1. The van der Waals surface area contributed by atoms with E-state index < -0.39 is 17.8 Å². The second-order valence-electron chi connectivity index (χ2n) is 4.95. The number of aliphatic hydroxyl groups excluding tert-OH is 1. The van der Waals surface area contributed by atoms with E-state index in [-0.39, 0.29) is 6.54 Å². The molecule has 1 atom stereocenters. The van der Waals surface area contributed by atoms with Crippen LogP contribution >= 0.6 is 22.6 Å². The lowest BCUT2D eigenvalue weighted by Gasteiger charge is -2.20. The summed E-state index contributed by atoms with van der Waals surface area (Å²) in [5.41, 5.74) is 0.240. The highest BCUT2D eigenvalue weighted by Gasteiger charge is 2.17. The van der Waals surface area contributed by atoms with Gasteiger partial charge in [0.2, 0.25) is 0 Å². The monoisotopic (exact) mass is 363 g/mol. The Hall–Kier alpha value is -0.820. The summed E-state index contributed by atoms with van der Waals surface area (Å²) < 4.78 is 6.18. The maximum atomic E-state index is 11.4. The summed E-state index contributed by atoms with van der Waals surface area (Å²) >= 11 is 2.20. The first-order valence-electron chi connectivity index (χ1n) is 5.68. The standard InChI is InChI=1S/C13H18INO3/c1-13(2,3)18-12(17)15-8-11(16)9-4-6-10(14)7-5-9/h4-7,11,16H,8H2,1-3H3,(H,15,17). The van der Waals surface area contributed by atoms with Crippen molar-refractivity contribution in [1.29, 1.82) is 0 Å².